The van der Waals surface area contributed by atoms with Gasteiger partial charge in [0.25, 0.3) is 0 Å². The van der Waals surface area contributed by atoms with Crippen LogP contribution >= 0.6 is 38.9 Å². The molecule has 130 valence electrons. The summed E-state index contributed by atoms with van der Waals surface area (Å²) >= 11 is 11.1. The zero-order valence-corrected chi connectivity index (χ0v) is 16.7. The summed E-state index contributed by atoms with van der Waals surface area (Å²) in [4.78, 5) is 26.2. The Morgan fingerprint density at radius 3 is 2.64 bits per heavy atom. The zero-order valence-electron chi connectivity index (χ0n) is 13.5. The Labute approximate surface area is 163 Å². The summed E-state index contributed by atoms with van der Waals surface area (Å²) in [5.74, 6) is -1.76. The van der Waals surface area contributed by atoms with Crippen LogP contribution in [0, 0.1) is 5.92 Å². The summed E-state index contributed by atoms with van der Waals surface area (Å²) in [7, 11) is 0. The summed E-state index contributed by atoms with van der Waals surface area (Å²) in [5.41, 5.74) is 1.85. The van der Waals surface area contributed by atoms with Gasteiger partial charge < -0.3 is 4.74 Å². The fraction of sp³-hybridized carbons (Fsp3) is 0.263. The predicted octanol–water partition coefficient (Wildman–Crippen LogP) is 5.48. The number of hydrogen-bond donors (Lipinski definition) is 0. The normalized spacial score (nSPS) is 20.3. The van der Waals surface area contributed by atoms with Crippen molar-refractivity contribution in [3.8, 4) is 0 Å². The Kier molecular flexibility index (Phi) is 5.77. The van der Waals surface area contributed by atoms with Crippen molar-refractivity contribution in [2.45, 2.75) is 19.3 Å². The number of halogens is 2. The Hall–Kier alpha value is -1.43. The second-order valence-corrected chi connectivity index (χ2v) is 7.97. The van der Waals surface area contributed by atoms with Gasteiger partial charge in [-0.3, -0.25) is 9.59 Å². The van der Waals surface area contributed by atoms with Gasteiger partial charge in [-0.2, -0.15) is 0 Å². The molecular weight excluding hydrogens is 424 g/mol. The Morgan fingerprint density at radius 2 is 2.04 bits per heavy atom. The van der Waals surface area contributed by atoms with Crippen LogP contribution in [0.4, 0.5) is 0 Å². The molecule has 0 aliphatic heterocycles. The molecule has 0 saturated heterocycles. The van der Waals surface area contributed by atoms with Crippen molar-refractivity contribution < 1.29 is 14.3 Å². The maximum absolute atomic E-state index is 12.8. The summed E-state index contributed by atoms with van der Waals surface area (Å²) in [6.07, 6.45) is 2.18. The topological polar surface area (TPSA) is 43.4 Å². The average Bonchev–Trinajstić information content (AvgIpc) is 3.01. The van der Waals surface area contributed by atoms with Gasteiger partial charge in [-0.1, -0.05) is 23.7 Å². The van der Waals surface area contributed by atoms with Crippen LogP contribution in [0.2, 0.25) is 5.02 Å². The minimum atomic E-state index is -0.816. The highest BCUT2D eigenvalue weighted by molar-refractivity contribution is 9.10. The number of esters is 1. The van der Waals surface area contributed by atoms with Crippen LogP contribution in [-0.4, -0.2) is 18.4 Å². The van der Waals surface area contributed by atoms with Crippen LogP contribution < -0.4 is 0 Å². The van der Waals surface area contributed by atoms with Gasteiger partial charge in [0, 0.05) is 20.3 Å². The lowest BCUT2D eigenvalue weighted by Gasteiger charge is -2.29. The molecule has 0 bridgehead atoms. The van der Waals surface area contributed by atoms with Crippen molar-refractivity contribution >= 4 is 56.2 Å². The molecule has 2 unspecified atom stereocenters. The molecule has 0 N–H and O–H groups in total. The smallest absolute Gasteiger partial charge is 0.317 e. The SMILES string of the molecule is CCOC(=O)C1C(=O)C=C(c2sccc2Br)CC1c1ccc(Cl)cc1. The molecule has 2 atom stereocenters. The van der Waals surface area contributed by atoms with E-state index in [2.05, 4.69) is 15.9 Å². The molecule has 1 heterocycles. The van der Waals surface area contributed by atoms with Crippen LogP contribution in [0.5, 0.6) is 0 Å². The highest BCUT2D eigenvalue weighted by Crippen LogP contribution is 2.43. The number of carbonyl (C=O) groups excluding carboxylic acids is 2. The number of ether oxygens (including phenoxy) is 1. The number of thiophene rings is 1. The van der Waals surface area contributed by atoms with Gasteiger partial charge in [0.15, 0.2) is 5.78 Å². The van der Waals surface area contributed by atoms with Crippen molar-refractivity contribution in [1.82, 2.24) is 0 Å². The number of hydrogen-bond acceptors (Lipinski definition) is 4. The highest BCUT2D eigenvalue weighted by atomic mass is 79.9. The zero-order chi connectivity index (χ0) is 18.0. The largest absolute Gasteiger partial charge is 0.465 e. The first kappa shape index (κ1) is 18.4. The molecule has 1 aliphatic rings. The second kappa shape index (κ2) is 7.85. The van der Waals surface area contributed by atoms with E-state index in [1.807, 2.05) is 23.6 Å². The van der Waals surface area contributed by atoms with Crippen molar-refractivity contribution in [2.24, 2.45) is 5.92 Å². The van der Waals surface area contributed by atoms with Crippen molar-refractivity contribution in [3.63, 3.8) is 0 Å². The molecule has 0 saturated carbocycles. The Morgan fingerprint density at radius 1 is 1.32 bits per heavy atom. The fourth-order valence-corrected chi connectivity index (χ4v) is 4.87. The Balaban J connectivity index is 2.02. The van der Waals surface area contributed by atoms with Crippen LogP contribution in [0.25, 0.3) is 5.57 Å². The predicted molar refractivity (Wildman–Crippen MR) is 104 cm³/mol. The van der Waals surface area contributed by atoms with Crippen molar-refractivity contribution in [2.75, 3.05) is 6.61 Å². The molecule has 3 nitrogen and oxygen atoms in total. The minimum absolute atomic E-state index is 0.208. The van der Waals surface area contributed by atoms with Gasteiger partial charge in [0.1, 0.15) is 5.92 Å². The lowest BCUT2D eigenvalue weighted by Crippen LogP contribution is -2.33. The molecule has 1 aromatic carbocycles. The van der Waals surface area contributed by atoms with Crippen LogP contribution in [0.15, 0.2) is 46.3 Å². The van der Waals surface area contributed by atoms with E-state index in [4.69, 9.17) is 16.3 Å². The Bertz CT molecular complexity index is 825. The molecular formula is C19H16BrClO3S. The maximum Gasteiger partial charge on any atom is 0.317 e. The van der Waals surface area contributed by atoms with Crippen molar-refractivity contribution in [3.05, 3.63) is 61.7 Å². The molecule has 3 rings (SSSR count). The molecule has 25 heavy (non-hydrogen) atoms. The average molecular weight is 440 g/mol. The molecule has 2 aromatic rings. The van der Waals surface area contributed by atoms with Gasteiger partial charge >= 0.3 is 5.97 Å². The monoisotopic (exact) mass is 438 g/mol. The van der Waals surface area contributed by atoms with E-state index < -0.39 is 11.9 Å². The first-order chi connectivity index (χ1) is 12.0. The van der Waals surface area contributed by atoms with E-state index in [0.29, 0.717) is 11.4 Å². The summed E-state index contributed by atoms with van der Waals surface area (Å²) in [6.45, 7) is 2.00. The van der Waals surface area contributed by atoms with E-state index in [1.165, 1.54) is 0 Å². The number of benzene rings is 1. The number of rotatable bonds is 4. The first-order valence-electron chi connectivity index (χ1n) is 7.91. The summed E-state index contributed by atoms with van der Waals surface area (Å²) < 4.78 is 6.11. The standard InChI is InChI=1S/C19H16BrClO3S/c1-2-24-19(23)17-14(11-3-5-13(21)6-4-11)9-12(10-16(17)22)18-15(20)7-8-25-18/h3-8,10,14,17H,2,9H2,1H3. The molecule has 1 aliphatic carbocycles. The van der Waals surface area contributed by atoms with E-state index >= 15 is 0 Å². The van der Waals surface area contributed by atoms with Gasteiger partial charge in [0.05, 0.1) is 6.61 Å². The summed E-state index contributed by atoms with van der Waals surface area (Å²) in [6, 6.07) is 9.27. The molecule has 0 spiro atoms. The molecule has 0 fully saturated rings. The molecule has 6 heteroatoms. The highest BCUT2D eigenvalue weighted by Gasteiger charge is 2.40. The third kappa shape index (κ3) is 3.89. The van der Waals surface area contributed by atoms with Gasteiger partial charge in [-0.15, -0.1) is 11.3 Å². The maximum atomic E-state index is 12.8. The van der Waals surface area contributed by atoms with Crippen molar-refractivity contribution in [1.29, 1.82) is 0 Å². The number of ketones is 1. The first-order valence-corrected chi connectivity index (χ1v) is 9.96. The summed E-state index contributed by atoms with van der Waals surface area (Å²) in [5, 5.41) is 2.59. The van der Waals surface area contributed by atoms with Gasteiger partial charge in [-0.25, -0.2) is 0 Å². The van der Waals surface area contributed by atoms with Crippen LogP contribution in [-0.2, 0) is 14.3 Å². The fourth-order valence-electron chi connectivity index (χ4n) is 3.09. The van der Waals surface area contributed by atoms with Gasteiger partial charge in [0.2, 0.25) is 0 Å². The molecule has 0 radical (unpaired) electrons. The number of carbonyl (C=O) groups is 2. The van der Waals surface area contributed by atoms with E-state index in [0.717, 1.165) is 20.5 Å². The third-order valence-electron chi connectivity index (χ3n) is 4.21. The van der Waals surface area contributed by atoms with Gasteiger partial charge in [-0.05, 0) is 70.1 Å². The van der Waals surface area contributed by atoms with Crippen LogP contribution in [0.3, 0.4) is 0 Å². The molecule has 0 amide bonds. The van der Waals surface area contributed by atoms with E-state index in [-0.39, 0.29) is 18.3 Å². The van der Waals surface area contributed by atoms with Crippen LogP contribution in [0.1, 0.15) is 29.7 Å². The molecule has 1 aromatic heterocycles. The second-order valence-electron chi connectivity index (χ2n) is 5.76. The minimum Gasteiger partial charge on any atom is -0.465 e. The lowest BCUT2D eigenvalue weighted by molar-refractivity contribution is -0.151. The third-order valence-corrected chi connectivity index (χ3v) is 6.38. The lowest BCUT2D eigenvalue weighted by atomic mass is 9.74. The van der Waals surface area contributed by atoms with E-state index in [1.54, 1.807) is 36.5 Å². The van der Waals surface area contributed by atoms with E-state index in [9.17, 15) is 9.59 Å². The number of allylic oxidation sites excluding steroid dienone is 2. The quantitative estimate of drug-likeness (QED) is 0.468.